The average molecular weight is 326 g/mol. The molecular formula is C19H26N4O. The molecule has 0 saturated carbocycles. The highest BCUT2D eigenvalue weighted by atomic mass is 16.2. The Kier molecular flexibility index (Phi) is 4.71. The summed E-state index contributed by atoms with van der Waals surface area (Å²) in [6, 6.07) is 10.2. The molecule has 1 aliphatic heterocycles. The van der Waals surface area contributed by atoms with Crippen LogP contribution in [0.1, 0.15) is 40.7 Å². The predicted molar refractivity (Wildman–Crippen MR) is 94.9 cm³/mol. The smallest absolute Gasteiger partial charge is 0.254 e. The lowest BCUT2D eigenvalue weighted by molar-refractivity contribution is 0.0743. The number of benzene rings is 1. The molecule has 2 atom stereocenters. The Labute approximate surface area is 143 Å². The van der Waals surface area contributed by atoms with E-state index in [0.717, 1.165) is 35.5 Å². The van der Waals surface area contributed by atoms with E-state index in [9.17, 15) is 4.79 Å². The van der Waals surface area contributed by atoms with Gasteiger partial charge in [0.15, 0.2) is 0 Å². The van der Waals surface area contributed by atoms with E-state index in [0.29, 0.717) is 19.0 Å². The number of nitrogens with zero attached hydrogens (tertiary/aromatic N) is 3. The van der Waals surface area contributed by atoms with Crippen LogP contribution in [0.3, 0.4) is 0 Å². The van der Waals surface area contributed by atoms with Gasteiger partial charge in [-0.15, -0.1) is 0 Å². The maximum Gasteiger partial charge on any atom is 0.254 e. The normalized spacial score (nSPS) is 20.6. The summed E-state index contributed by atoms with van der Waals surface area (Å²) in [6.45, 7) is 8.24. The molecule has 1 amide bonds. The lowest BCUT2D eigenvalue weighted by atomic mass is 10.1. The molecule has 0 bridgehead atoms. The van der Waals surface area contributed by atoms with E-state index in [1.807, 2.05) is 47.7 Å². The summed E-state index contributed by atoms with van der Waals surface area (Å²) < 4.78 is 1.97. The van der Waals surface area contributed by atoms with Crippen LogP contribution in [-0.2, 0) is 6.54 Å². The van der Waals surface area contributed by atoms with Crippen molar-refractivity contribution in [3.63, 3.8) is 0 Å². The maximum atomic E-state index is 12.9. The second kappa shape index (κ2) is 6.77. The maximum absolute atomic E-state index is 12.9. The number of amides is 1. The van der Waals surface area contributed by atoms with Crippen molar-refractivity contribution in [1.29, 1.82) is 0 Å². The zero-order chi connectivity index (χ0) is 17.3. The van der Waals surface area contributed by atoms with Gasteiger partial charge in [0.1, 0.15) is 0 Å². The SMILES string of the molecule is Cc1cc(C)n(Cc2cccc(C(=O)N3CC(CN)CC3C)c2)n1. The van der Waals surface area contributed by atoms with E-state index in [-0.39, 0.29) is 11.9 Å². The first-order valence-electron chi connectivity index (χ1n) is 8.59. The quantitative estimate of drug-likeness (QED) is 0.938. The number of aromatic nitrogens is 2. The molecule has 0 aliphatic carbocycles. The van der Waals surface area contributed by atoms with Crippen LogP contribution in [0.4, 0.5) is 0 Å². The number of carbonyl (C=O) groups excluding carboxylic acids is 1. The van der Waals surface area contributed by atoms with Crippen LogP contribution < -0.4 is 5.73 Å². The van der Waals surface area contributed by atoms with Gasteiger partial charge in [0.2, 0.25) is 0 Å². The highest BCUT2D eigenvalue weighted by molar-refractivity contribution is 5.94. The minimum Gasteiger partial charge on any atom is -0.336 e. The van der Waals surface area contributed by atoms with Crippen molar-refractivity contribution in [2.24, 2.45) is 11.7 Å². The number of hydrogen-bond acceptors (Lipinski definition) is 3. The van der Waals surface area contributed by atoms with Crippen molar-refractivity contribution < 1.29 is 4.79 Å². The summed E-state index contributed by atoms with van der Waals surface area (Å²) >= 11 is 0. The predicted octanol–water partition coefficient (Wildman–Crippen LogP) is 2.36. The van der Waals surface area contributed by atoms with Crippen LogP contribution in [0, 0.1) is 19.8 Å². The molecule has 1 aromatic carbocycles. The molecule has 2 heterocycles. The van der Waals surface area contributed by atoms with Gasteiger partial charge in [-0.2, -0.15) is 5.10 Å². The Hall–Kier alpha value is -2.14. The largest absolute Gasteiger partial charge is 0.336 e. The van der Waals surface area contributed by atoms with Crippen LogP contribution in [0.25, 0.3) is 0 Å². The first-order valence-corrected chi connectivity index (χ1v) is 8.59. The van der Waals surface area contributed by atoms with E-state index < -0.39 is 0 Å². The minimum atomic E-state index is 0.105. The van der Waals surface area contributed by atoms with Gasteiger partial charge < -0.3 is 10.6 Å². The molecule has 128 valence electrons. The van der Waals surface area contributed by atoms with Crippen molar-refractivity contribution in [2.75, 3.05) is 13.1 Å². The third-order valence-corrected chi connectivity index (χ3v) is 4.87. The molecule has 5 heteroatoms. The molecule has 2 unspecified atom stereocenters. The number of nitrogens with two attached hydrogens (primary N) is 1. The first kappa shape index (κ1) is 16.7. The number of aryl methyl sites for hydroxylation is 2. The fourth-order valence-electron chi connectivity index (χ4n) is 3.57. The number of carbonyl (C=O) groups is 1. The van der Waals surface area contributed by atoms with Gasteiger partial charge in [0.05, 0.1) is 12.2 Å². The van der Waals surface area contributed by atoms with Crippen LogP contribution in [0.15, 0.2) is 30.3 Å². The van der Waals surface area contributed by atoms with Gasteiger partial charge in [-0.1, -0.05) is 12.1 Å². The fraction of sp³-hybridized carbons (Fsp3) is 0.474. The topological polar surface area (TPSA) is 64.2 Å². The average Bonchev–Trinajstić information content (AvgIpc) is 3.09. The van der Waals surface area contributed by atoms with Crippen molar-refractivity contribution in [1.82, 2.24) is 14.7 Å². The summed E-state index contributed by atoms with van der Waals surface area (Å²) in [5.41, 5.74) is 9.76. The monoisotopic (exact) mass is 326 g/mol. The van der Waals surface area contributed by atoms with E-state index in [1.165, 1.54) is 0 Å². The molecule has 0 spiro atoms. The van der Waals surface area contributed by atoms with Gasteiger partial charge >= 0.3 is 0 Å². The highest BCUT2D eigenvalue weighted by Gasteiger charge is 2.32. The zero-order valence-corrected chi connectivity index (χ0v) is 14.7. The van der Waals surface area contributed by atoms with Crippen LogP contribution >= 0.6 is 0 Å². The number of likely N-dealkylation sites (tertiary alicyclic amines) is 1. The Bertz CT molecular complexity index is 737. The Morgan fingerprint density at radius 3 is 2.75 bits per heavy atom. The third-order valence-electron chi connectivity index (χ3n) is 4.87. The molecule has 2 N–H and O–H groups in total. The van der Waals surface area contributed by atoms with Crippen LogP contribution in [0.5, 0.6) is 0 Å². The lowest BCUT2D eigenvalue weighted by Gasteiger charge is -2.22. The summed E-state index contributed by atoms with van der Waals surface area (Å²) in [5.74, 6) is 0.524. The number of hydrogen-bond donors (Lipinski definition) is 1. The molecule has 3 rings (SSSR count). The lowest BCUT2D eigenvalue weighted by Crippen LogP contribution is -2.34. The summed E-state index contributed by atoms with van der Waals surface area (Å²) in [5, 5.41) is 4.50. The van der Waals surface area contributed by atoms with Gasteiger partial charge in [-0.05, 0) is 63.4 Å². The summed E-state index contributed by atoms with van der Waals surface area (Å²) in [6.07, 6.45) is 0.994. The van der Waals surface area contributed by atoms with Gasteiger partial charge in [0, 0.05) is 23.8 Å². The van der Waals surface area contributed by atoms with Crippen LogP contribution in [-0.4, -0.2) is 39.7 Å². The second-order valence-electron chi connectivity index (χ2n) is 6.93. The summed E-state index contributed by atoms with van der Waals surface area (Å²) in [4.78, 5) is 14.8. The Morgan fingerprint density at radius 2 is 2.12 bits per heavy atom. The van der Waals surface area contributed by atoms with E-state index in [1.54, 1.807) is 0 Å². The van der Waals surface area contributed by atoms with Gasteiger partial charge in [-0.25, -0.2) is 0 Å². The van der Waals surface area contributed by atoms with Gasteiger partial charge in [0.25, 0.3) is 5.91 Å². The van der Waals surface area contributed by atoms with E-state index >= 15 is 0 Å². The van der Waals surface area contributed by atoms with Crippen molar-refractivity contribution in [3.05, 3.63) is 52.8 Å². The summed E-state index contributed by atoms with van der Waals surface area (Å²) in [7, 11) is 0. The molecule has 5 nitrogen and oxygen atoms in total. The molecule has 2 aromatic rings. The standard InChI is InChI=1S/C19H26N4O/c1-13-7-15(3)23(21-13)12-16-5-4-6-18(9-16)19(24)22-11-17(10-20)8-14(22)2/h4-7,9,14,17H,8,10-12,20H2,1-3H3. The Morgan fingerprint density at radius 1 is 1.33 bits per heavy atom. The number of rotatable bonds is 4. The molecule has 1 saturated heterocycles. The molecule has 24 heavy (non-hydrogen) atoms. The molecule has 1 aromatic heterocycles. The molecular weight excluding hydrogens is 300 g/mol. The third kappa shape index (κ3) is 3.36. The fourth-order valence-corrected chi connectivity index (χ4v) is 3.57. The van der Waals surface area contributed by atoms with Crippen LogP contribution in [0.2, 0.25) is 0 Å². The second-order valence-corrected chi connectivity index (χ2v) is 6.93. The van der Waals surface area contributed by atoms with Crippen molar-refractivity contribution in [2.45, 2.75) is 39.8 Å². The molecule has 1 fully saturated rings. The molecule has 0 radical (unpaired) electrons. The van der Waals surface area contributed by atoms with E-state index in [2.05, 4.69) is 18.1 Å². The van der Waals surface area contributed by atoms with Gasteiger partial charge in [-0.3, -0.25) is 9.48 Å². The highest BCUT2D eigenvalue weighted by Crippen LogP contribution is 2.24. The Balaban J connectivity index is 1.78. The first-order chi connectivity index (χ1) is 11.5. The molecule has 1 aliphatic rings. The van der Waals surface area contributed by atoms with Crippen molar-refractivity contribution >= 4 is 5.91 Å². The zero-order valence-electron chi connectivity index (χ0n) is 14.7. The van der Waals surface area contributed by atoms with Crippen molar-refractivity contribution in [3.8, 4) is 0 Å². The van der Waals surface area contributed by atoms with E-state index in [4.69, 9.17) is 5.73 Å². The minimum absolute atomic E-state index is 0.105.